The maximum Gasteiger partial charge on any atom is 0.330 e. The number of hydrogen-bond donors (Lipinski definition) is 2. The average Bonchev–Trinajstić information content (AvgIpc) is 2.72. The van der Waals surface area contributed by atoms with Crippen LogP contribution in [0.25, 0.3) is 6.08 Å². The molecule has 0 aliphatic carbocycles. The summed E-state index contributed by atoms with van der Waals surface area (Å²) in [7, 11) is 1.41. The number of aliphatic hydroxyl groups is 1. The van der Waals surface area contributed by atoms with Gasteiger partial charge >= 0.3 is 5.97 Å². The van der Waals surface area contributed by atoms with Crippen LogP contribution in [0.3, 0.4) is 0 Å². The number of nitrogens with zero attached hydrogens (tertiary/aromatic N) is 1. The van der Waals surface area contributed by atoms with Crippen LogP contribution in [0.15, 0.2) is 42.5 Å². The standard InChI is InChI=1S/C20H20ClNO8/c1-28-19-10-13(2-5-17(19)24)3-7-20(25)30-12-15(23)8-9-29-18-6-4-14(22(26)27)11-16(18)21/h2-7,10-11,15,23-24H,8-9,12H2,1H3/b7-3+/t15-/m1/s1. The molecule has 0 fully saturated rings. The molecule has 1 atom stereocenters. The van der Waals surface area contributed by atoms with Crippen molar-refractivity contribution in [3.05, 3.63) is 63.2 Å². The second-order valence-electron chi connectivity index (χ2n) is 6.06. The number of aromatic hydroxyl groups is 1. The molecule has 0 heterocycles. The lowest BCUT2D eigenvalue weighted by molar-refractivity contribution is -0.384. The van der Waals surface area contributed by atoms with Gasteiger partial charge in [-0.1, -0.05) is 17.7 Å². The molecule has 160 valence electrons. The van der Waals surface area contributed by atoms with Crippen LogP contribution in [-0.2, 0) is 9.53 Å². The summed E-state index contributed by atoms with van der Waals surface area (Å²) in [5, 5.41) is 30.2. The zero-order valence-electron chi connectivity index (χ0n) is 16.0. The van der Waals surface area contributed by atoms with E-state index in [0.29, 0.717) is 5.56 Å². The highest BCUT2D eigenvalue weighted by Gasteiger charge is 2.12. The molecule has 0 unspecified atom stereocenters. The number of halogens is 1. The number of esters is 1. The molecule has 0 aliphatic heterocycles. The van der Waals surface area contributed by atoms with E-state index in [1.54, 1.807) is 12.1 Å². The van der Waals surface area contributed by atoms with E-state index in [2.05, 4.69) is 0 Å². The van der Waals surface area contributed by atoms with E-state index in [9.17, 15) is 25.1 Å². The lowest BCUT2D eigenvalue weighted by Crippen LogP contribution is -2.20. The van der Waals surface area contributed by atoms with Crippen LogP contribution in [0.1, 0.15) is 12.0 Å². The van der Waals surface area contributed by atoms with E-state index in [-0.39, 0.29) is 47.6 Å². The van der Waals surface area contributed by atoms with E-state index < -0.39 is 17.0 Å². The second kappa shape index (κ2) is 11.0. The fourth-order valence-electron chi connectivity index (χ4n) is 2.30. The molecule has 0 radical (unpaired) electrons. The van der Waals surface area contributed by atoms with Crippen LogP contribution in [0.4, 0.5) is 5.69 Å². The summed E-state index contributed by atoms with van der Waals surface area (Å²) in [6, 6.07) is 8.38. The molecule has 0 aromatic heterocycles. The number of nitro benzene ring substituents is 1. The van der Waals surface area contributed by atoms with Gasteiger partial charge in [0.15, 0.2) is 11.5 Å². The van der Waals surface area contributed by atoms with Crippen LogP contribution >= 0.6 is 11.6 Å². The quantitative estimate of drug-likeness (QED) is 0.250. The Hall–Kier alpha value is -3.30. The number of benzene rings is 2. The number of nitro groups is 1. The fourth-order valence-corrected chi connectivity index (χ4v) is 2.53. The summed E-state index contributed by atoms with van der Waals surface area (Å²) in [4.78, 5) is 21.9. The number of hydrogen-bond acceptors (Lipinski definition) is 8. The van der Waals surface area contributed by atoms with Crippen molar-refractivity contribution < 1.29 is 34.1 Å². The van der Waals surface area contributed by atoms with Gasteiger partial charge in [0, 0.05) is 24.6 Å². The highest BCUT2D eigenvalue weighted by Crippen LogP contribution is 2.29. The van der Waals surface area contributed by atoms with Gasteiger partial charge in [0.1, 0.15) is 12.4 Å². The van der Waals surface area contributed by atoms with Crippen LogP contribution in [0, 0.1) is 10.1 Å². The average molecular weight is 438 g/mol. The summed E-state index contributed by atoms with van der Waals surface area (Å²) in [6.07, 6.45) is 1.86. The minimum Gasteiger partial charge on any atom is -0.504 e. The Labute approximate surface area is 177 Å². The zero-order valence-corrected chi connectivity index (χ0v) is 16.7. The lowest BCUT2D eigenvalue weighted by Gasteiger charge is -2.12. The van der Waals surface area contributed by atoms with Crippen LogP contribution in [0.2, 0.25) is 5.02 Å². The van der Waals surface area contributed by atoms with Gasteiger partial charge in [0.25, 0.3) is 5.69 Å². The first-order valence-corrected chi connectivity index (χ1v) is 9.14. The smallest absolute Gasteiger partial charge is 0.330 e. The van der Waals surface area contributed by atoms with E-state index in [1.807, 2.05) is 0 Å². The van der Waals surface area contributed by atoms with Gasteiger partial charge < -0.3 is 24.4 Å². The van der Waals surface area contributed by atoms with Gasteiger partial charge in [-0.05, 0) is 29.8 Å². The highest BCUT2D eigenvalue weighted by molar-refractivity contribution is 6.32. The molecule has 10 heteroatoms. The Kier molecular flexibility index (Phi) is 8.45. The zero-order chi connectivity index (χ0) is 22.1. The van der Waals surface area contributed by atoms with Gasteiger partial charge in [-0.15, -0.1) is 0 Å². The van der Waals surface area contributed by atoms with Crippen molar-refractivity contribution in [1.29, 1.82) is 0 Å². The third kappa shape index (κ3) is 6.94. The number of phenols is 1. The van der Waals surface area contributed by atoms with E-state index in [1.165, 1.54) is 43.5 Å². The third-order valence-electron chi connectivity index (χ3n) is 3.87. The molecule has 0 spiro atoms. The molecule has 2 N–H and O–H groups in total. The van der Waals surface area contributed by atoms with Crippen molar-refractivity contribution >= 4 is 29.3 Å². The van der Waals surface area contributed by atoms with Crippen molar-refractivity contribution in [2.24, 2.45) is 0 Å². The molecular weight excluding hydrogens is 418 g/mol. The Balaban J connectivity index is 1.74. The van der Waals surface area contributed by atoms with Crippen molar-refractivity contribution in [1.82, 2.24) is 0 Å². The summed E-state index contributed by atoms with van der Waals surface area (Å²) >= 11 is 5.91. The topological polar surface area (TPSA) is 128 Å². The largest absolute Gasteiger partial charge is 0.504 e. The van der Waals surface area contributed by atoms with Crippen molar-refractivity contribution in [3.63, 3.8) is 0 Å². The summed E-state index contributed by atoms with van der Waals surface area (Å²) in [5.41, 5.74) is 0.466. The first-order chi connectivity index (χ1) is 14.3. The maximum absolute atomic E-state index is 11.8. The first kappa shape index (κ1) is 23.0. The minimum atomic E-state index is -0.965. The van der Waals surface area contributed by atoms with E-state index in [0.717, 1.165) is 0 Å². The molecule has 0 saturated heterocycles. The summed E-state index contributed by atoms with van der Waals surface area (Å²) in [6.45, 7) is -0.168. The minimum absolute atomic E-state index is 0.0161. The predicted molar refractivity (Wildman–Crippen MR) is 109 cm³/mol. The molecule has 2 aromatic rings. The first-order valence-electron chi connectivity index (χ1n) is 8.76. The fraction of sp³-hybridized carbons (Fsp3) is 0.250. The number of ether oxygens (including phenoxy) is 3. The number of non-ortho nitro benzene ring substituents is 1. The molecule has 0 bridgehead atoms. The second-order valence-corrected chi connectivity index (χ2v) is 6.46. The molecule has 2 rings (SSSR count). The normalized spacial score (nSPS) is 11.8. The molecule has 0 saturated carbocycles. The van der Waals surface area contributed by atoms with Crippen LogP contribution < -0.4 is 9.47 Å². The molecule has 2 aromatic carbocycles. The van der Waals surface area contributed by atoms with Gasteiger partial charge in [-0.3, -0.25) is 10.1 Å². The number of rotatable bonds is 10. The van der Waals surface area contributed by atoms with Crippen LogP contribution in [-0.4, -0.2) is 47.5 Å². The SMILES string of the molecule is COc1cc(/C=C/C(=O)OC[C@H](O)CCOc2ccc([N+](=O)[O-])cc2Cl)ccc1O. The number of methoxy groups -OCH3 is 1. The van der Waals surface area contributed by atoms with Gasteiger partial charge in [0.2, 0.25) is 0 Å². The summed E-state index contributed by atoms with van der Waals surface area (Å²) in [5.74, 6) is -0.147. The van der Waals surface area contributed by atoms with E-state index >= 15 is 0 Å². The monoisotopic (exact) mass is 437 g/mol. The Morgan fingerprint density at radius 1 is 1.27 bits per heavy atom. The predicted octanol–water partition coefficient (Wildman–Crippen LogP) is 3.35. The number of phenolic OH excluding ortho intramolecular Hbond substituents is 1. The Bertz CT molecular complexity index is 931. The van der Waals surface area contributed by atoms with Gasteiger partial charge in [-0.25, -0.2) is 4.79 Å². The third-order valence-corrected chi connectivity index (χ3v) is 4.16. The molecule has 0 aliphatic rings. The van der Waals surface area contributed by atoms with Gasteiger partial charge in [0.05, 0.1) is 29.8 Å². The Morgan fingerprint density at radius 3 is 2.70 bits per heavy atom. The molecule has 9 nitrogen and oxygen atoms in total. The summed E-state index contributed by atoms with van der Waals surface area (Å²) < 4.78 is 15.3. The highest BCUT2D eigenvalue weighted by atomic mass is 35.5. The van der Waals surface area contributed by atoms with Gasteiger partial charge in [-0.2, -0.15) is 0 Å². The van der Waals surface area contributed by atoms with E-state index in [4.69, 9.17) is 25.8 Å². The number of aliphatic hydroxyl groups excluding tert-OH is 1. The molecule has 30 heavy (non-hydrogen) atoms. The van der Waals surface area contributed by atoms with Crippen molar-refractivity contribution in [2.45, 2.75) is 12.5 Å². The van der Waals surface area contributed by atoms with Crippen molar-refractivity contribution in [3.8, 4) is 17.2 Å². The van der Waals surface area contributed by atoms with Crippen LogP contribution in [0.5, 0.6) is 17.2 Å². The molecule has 0 amide bonds. The Morgan fingerprint density at radius 2 is 2.03 bits per heavy atom. The maximum atomic E-state index is 11.8. The lowest BCUT2D eigenvalue weighted by atomic mass is 10.2. The number of carbonyl (C=O) groups excluding carboxylic acids is 1. The molecular formula is C20H20ClNO8. The number of carbonyl (C=O) groups is 1. The van der Waals surface area contributed by atoms with Crippen molar-refractivity contribution in [2.75, 3.05) is 20.3 Å².